The van der Waals surface area contributed by atoms with Crippen LogP contribution >= 0.6 is 11.6 Å². The molecule has 0 amide bonds. The first-order valence-electron chi connectivity index (χ1n) is 5.85. The second-order valence-electron chi connectivity index (χ2n) is 4.05. The van der Waals surface area contributed by atoms with E-state index < -0.39 is 0 Å². The predicted molar refractivity (Wildman–Crippen MR) is 71.1 cm³/mol. The second kappa shape index (κ2) is 6.64. The van der Waals surface area contributed by atoms with Crippen LogP contribution in [-0.2, 0) is 0 Å². The van der Waals surface area contributed by atoms with Crippen molar-refractivity contribution >= 4 is 17.4 Å². The average molecular weight is 258 g/mol. The maximum Gasteiger partial charge on any atom is 0.221 e. The highest BCUT2D eigenvalue weighted by atomic mass is 35.5. The van der Waals surface area contributed by atoms with Gasteiger partial charge in [0.15, 0.2) is 0 Å². The molecule has 1 aromatic heterocycles. The standard InChI is InChI=1S/C12H20ClN3O/c1-5-17-12-10(3)11(14-8-15-12)16(4)7-6-9(2)13/h8-9H,5-7H2,1-4H3. The molecule has 96 valence electrons. The first kappa shape index (κ1) is 14.0. The summed E-state index contributed by atoms with van der Waals surface area (Å²) in [6, 6.07) is 0. The van der Waals surface area contributed by atoms with Crippen molar-refractivity contribution < 1.29 is 4.74 Å². The Balaban J connectivity index is 2.78. The molecule has 5 heteroatoms. The van der Waals surface area contributed by atoms with Gasteiger partial charge in [0.05, 0.1) is 12.2 Å². The van der Waals surface area contributed by atoms with Crippen LogP contribution in [0.3, 0.4) is 0 Å². The molecule has 0 spiro atoms. The zero-order valence-electron chi connectivity index (χ0n) is 10.9. The summed E-state index contributed by atoms with van der Waals surface area (Å²) >= 11 is 5.95. The topological polar surface area (TPSA) is 38.3 Å². The monoisotopic (exact) mass is 257 g/mol. The van der Waals surface area contributed by atoms with Crippen molar-refractivity contribution in [1.82, 2.24) is 9.97 Å². The normalized spacial score (nSPS) is 12.3. The lowest BCUT2D eigenvalue weighted by Crippen LogP contribution is -2.23. The van der Waals surface area contributed by atoms with Gasteiger partial charge in [-0.2, -0.15) is 0 Å². The van der Waals surface area contributed by atoms with Gasteiger partial charge in [-0.3, -0.25) is 0 Å². The molecule has 0 N–H and O–H groups in total. The number of ether oxygens (including phenoxy) is 1. The number of rotatable bonds is 6. The molecule has 0 saturated heterocycles. The van der Waals surface area contributed by atoms with Crippen molar-refractivity contribution in [2.45, 2.75) is 32.6 Å². The largest absolute Gasteiger partial charge is 0.478 e. The van der Waals surface area contributed by atoms with Gasteiger partial charge in [-0.25, -0.2) is 9.97 Å². The van der Waals surface area contributed by atoms with Gasteiger partial charge in [-0.15, -0.1) is 11.6 Å². The zero-order chi connectivity index (χ0) is 12.8. The zero-order valence-corrected chi connectivity index (χ0v) is 11.7. The maximum atomic E-state index is 5.95. The van der Waals surface area contributed by atoms with Crippen LogP contribution in [0.2, 0.25) is 0 Å². The van der Waals surface area contributed by atoms with Crippen LogP contribution in [0.1, 0.15) is 25.8 Å². The molecule has 1 rings (SSSR count). The Morgan fingerprint density at radius 3 is 2.76 bits per heavy atom. The molecule has 1 atom stereocenters. The SMILES string of the molecule is CCOc1ncnc(N(C)CCC(C)Cl)c1C. The van der Waals surface area contributed by atoms with Crippen LogP contribution in [0, 0.1) is 6.92 Å². The Bertz CT molecular complexity index is 358. The van der Waals surface area contributed by atoms with E-state index in [9.17, 15) is 0 Å². The van der Waals surface area contributed by atoms with E-state index in [2.05, 4.69) is 14.9 Å². The average Bonchev–Trinajstić information content (AvgIpc) is 2.29. The summed E-state index contributed by atoms with van der Waals surface area (Å²) in [4.78, 5) is 10.5. The Kier molecular flexibility index (Phi) is 5.48. The van der Waals surface area contributed by atoms with E-state index >= 15 is 0 Å². The molecule has 1 aromatic rings. The first-order valence-corrected chi connectivity index (χ1v) is 6.29. The van der Waals surface area contributed by atoms with Gasteiger partial charge in [0, 0.05) is 19.0 Å². The molecule has 0 saturated carbocycles. The Morgan fingerprint density at radius 2 is 2.18 bits per heavy atom. The predicted octanol–water partition coefficient (Wildman–Crippen LogP) is 2.64. The molecule has 0 bridgehead atoms. The smallest absolute Gasteiger partial charge is 0.221 e. The van der Waals surface area contributed by atoms with Crippen LogP contribution in [0.25, 0.3) is 0 Å². The first-order chi connectivity index (χ1) is 8.06. The fourth-order valence-electron chi connectivity index (χ4n) is 1.57. The number of alkyl halides is 1. The number of hydrogen-bond acceptors (Lipinski definition) is 4. The molecule has 0 aliphatic heterocycles. The summed E-state index contributed by atoms with van der Waals surface area (Å²) in [6.07, 6.45) is 2.46. The van der Waals surface area contributed by atoms with Gasteiger partial charge in [-0.1, -0.05) is 0 Å². The fourth-order valence-corrected chi connectivity index (χ4v) is 1.67. The lowest BCUT2D eigenvalue weighted by molar-refractivity contribution is 0.323. The van der Waals surface area contributed by atoms with E-state index in [4.69, 9.17) is 16.3 Å². The highest BCUT2D eigenvalue weighted by Crippen LogP contribution is 2.23. The third-order valence-electron chi connectivity index (χ3n) is 2.52. The van der Waals surface area contributed by atoms with Crippen molar-refractivity contribution in [2.24, 2.45) is 0 Å². The molecular formula is C12H20ClN3O. The lowest BCUT2D eigenvalue weighted by atomic mass is 10.2. The van der Waals surface area contributed by atoms with E-state index in [1.54, 1.807) is 0 Å². The summed E-state index contributed by atoms with van der Waals surface area (Å²) in [7, 11) is 2.00. The lowest BCUT2D eigenvalue weighted by Gasteiger charge is -2.21. The van der Waals surface area contributed by atoms with Crippen LogP contribution in [0.5, 0.6) is 5.88 Å². The van der Waals surface area contributed by atoms with Crippen molar-refractivity contribution in [1.29, 1.82) is 0 Å². The summed E-state index contributed by atoms with van der Waals surface area (Å²) < 4.78 is 5.45. The van der Waals surface area contributed by atoms with E-state index in [0.717, 1.165) is 24.3 Å². The molecular weight excluding hydrogens is 238 g/mol. The van der Waals surface area contributed by atoms with Crippen LogP contribution in [0.4, 0.5) is 5.82 Å². The van der Waals surface area contributed by atoms with Crippen LogP contribution < -0.4 is 9.64 Å². The van der Waals surface area contributed by atoms with Crippen LogP contribution in [-0.4, -0.2) is 35.5 Å². The van der Waals surface area contributed by atoms with Crippen molar-refractivity contribution in [3.8, 4) is 5.88 Å². The molecule has 0 radical (unpaired) electrons. The number of aromatic nitrogens is 2. The van der Waals surface area contributed by atoms with Crippen molar-refractivity contribution in [3.05, 3.63) is 11.9 Å². The summed E-state index contributed by atoms with van der Waals surface area (Å²) in [6.45, 7) is 7.39. The Labute approximate surface area is 108 Å². The molecule has 1 heterocycles. The number of nitrogens with zero attached hydrogens (tertiary/aromatic N) is 3. The maximum absolute atomic E-state index is 5.95. The van der Waals surface area contributed by atoms with E-state index in [1.807, 2.05) is 27.8 Å². The second-order valence-corrected chi connectivity index (χ2v) is 4.80. The third-order valence-corrected chi connectivity index (χ3v) is 2.73. The summed E-state index contributed by atoms with van der Waals surface area (Å²) in [5, 5.41) is 0.172. The minimum absolute atomic E-state index is 0.172. The highest BCUT2D eigenvalue weighted by Gasteiger charge is 2.12. The van der Waals surface area contributed by atoms with Crippen molar-refractivity contribution in [2.75, 3.05) is 25.1 Å². The molecule has 0 aromatic carbocycles. The van der Waals surface area contributed by atoms with Gasteiger partial charge < -0.3 is 9.64 Å². The van der Waals surface area contributed by atoms with E-state index in [1.165, 1.54) is 6.33 Å². The molecule has 1 unspecified atom stereocenters. The summed E-state index contributed by atoms with van der Waals surface area (Å²) in [5.74, 6) is 1.56. The highest BCUT2D eigenvalue weighted by molar-refractivity contribution is 6.20. The molecule has 17 heavy (non-hydrogen) atoms. The minimum atomic E-state index is 0.172. The van der Waals surface area contributed by atoms with Gasteiger partial charge in [0.2, 0.25) is 5.88 Å². The Morgan fingerprint density at radius 1 is 1.47 bits per heavy atom. The number of hydrogen-bond donors (Lipinski definition) is 0. The van der Waals surface area contributed by atoms with Crippen molar-refractivity contribution in [3.63, 3.8) is 0 Å². The number of halogens is 1. The van der Waals surface area contributed by atoms with E-state index in [-0.39, 0.29) is 5.38 Å². The van der Waals surface area contributed by atoms with Crippen LogP contribution in [0.15, 0.2) is 6.33 Å². The van der Waals surface area contributed by atoms with Gasteiger partial charge in [0.25, 0.3) is 0 Å². The van der Waals surface area contributed by atoms with Gasteiger partial charge in [0.1, 0.15) is 12.1 Å². The molecule has 0 aliphatic rings. The Hall–Kier alpha value is -1.03. The van der Waals surface area contributed by atoms with Gasteiger partial charge in [-0.05, 0) is 27.2 Å². The number of anilines is 1. The molecule has 4 nitrogen and oxygen atoms in total. The quantitative estimate of drug-likeness (QED) is 0.735. The minimum Gasteiger partial charge on any atom is -0.478 e. The molecule has 0 fully saturated rings. The fraction of sp³-hybridized carbons (Fsp3) is 0.667. The third kappa shape index (κ3) is 4.04. The molecule has 0 aliphatic carbocycles. The van der Waals surface area contributed by atoms with Gasteiger partial charge >= 0.3 is 0 Å². The summed E-state index contributed by atoms with van der Waals surface area (Å²) in [5.41, 5.74) is 0.971. The van der Waals surface area contributed by atoms with E-state index in [0.29, 0.717) is 12.5 Å².